The summed E-state index contributed by atoms with van der Waals surface area (Å²) < 4.78 is 1.54. The van der Waals surface area contributed by atoms with Gasteiger partial charge in [0.1, 0.15) is 0 Å². The van der Waals surface area contributed by atoms with Gasteiger partial charge in [-0.3, -0.25) is 9.78 Å². The molecule has 2 heterocycles. The number of nitrogens with one attached hydrogen (secondary N) is 1. The quantitative estimate of drug-likeness (QED) is 0.583. The molecule has 0 saturated carbocycles. The molecule has 1 N–H and O–H groups in total. The number of aromatic nitrogens is 3. The molecule has 0 aliphatic carbocycles. The number of fused-ring (bicyclic) bond motifs is 1. The summed E-state index contributed by atoms with van der Waals surface area (Å²) in [7, 11) is 0. The Labute approximate surface area is 154 Å². The number of halogens is 1. The zero-order valence-electron chi connectivity index (χ0n) is 14.0. The molecule has 0 radical (unpaired) electrons. The Morgan fingerprint density at radius 2 is 1.85 bits per heavy atom. The average molecular weight is 363 g/mol. The minimum atomic E-state index is -0.202. The molecule has 0 aliphatic heterocycles. The van der Waals surface area contributed by atoms with Crippen molar-refractivity contribution in [3.63, 3.8) is 0 Å². The summed E-state index contributed by atoms with van der Waals surface area (Å²) in [6, 6.07) is 18.3. The van der Waals surface area contributed by atoms with Crippen molar-refractivity contribution in [1.29, 1.82) is 0 Å². The Morgan fingerprint density at radius 1 is 1.04 bits per heavy atom. The number of hydrogen-bond acceptors (Lipinski definition) is 4. The largest absolute Gasteiger partial charge is 0.325 e. The van der Waals surface area contributed by atoms with E-state index in [1.54, 1.807) is 30.5 Å². The zero-order valence-corrected chi connectivity index (χ0v) is 14.7. The van der Waals surface area contributed by atoms with Crippen LogP contribution in [0.1, 0.15) is 5.69 Å². The summed E-state index contributed by atoms with van der Waals surface area (Å²) in [4.78, 5) is 22.2. The maximum Gasteiger partial charge on any atom is 0.267 e. The highest BCUT2D eigenvalue weighted by Crippen LogP contribution is 2.22. The highest BCUT2D eigenvalue weighted by molar-refractivity contribution is 6.31. The van der Waals surface area contributed by atoms with Crippen molar-refractivity contribution in [1.82, 2.24) is 14.5 Å². The standard InChI is InChI=1S/C20H15ClN4O/c1-13-18(8-5-11-22-13)25-19(26)16-12-14(21)9-10-17(16)24-20(25)23-15-6-3-2-4-7-15/h2-12H,1H3,(H,23,24). The van der Waals surface area contributed by atoms with Gasteiger partial charge in [0, 0.05) is 16.9 Å². The molecule has 4 aromatic rings. The number of para-hydroxylation sites is 1. The molecule has 6 heteroatoms. The van der Waals surface area contributed by atoms with E-state index in [0.717, 1.165) is 11.4 Å². The molecule has 5 nitrogen and oxygen atoms in total. The van der Waals surface area contributed by atoms with Crippen molar-refractivity contribution in [3.8, 4) is 5.69 Å². The molecule has 26 heavy (non-hydrogen) atoms. The van der Waals surface area contributed by atoms with E-state index < -0.39 is 0 Å². The van der Waals surface area contributed by atoms with Gasteiger partial charge >= 0.3 is 0 Å². The topological polar surface area (TPSA) is 59.8 Å². The average Bonchev–Trinajstić information content (AvgIpc) is 2.65. The maximum atomic E-state index is 13.2. The smallest absolute Gasteiger partial charge is 0.267 e. The highest BCUT2D eigenvalue weighted by Gasteiger charge is 2.15. The molecule has 2 aromatic heterocycles. The minimum Gasteiger partial charge on any atom is -0.325 e. The first kappa shape index (κ1) is 16.3. The lowest BCUT2D eigenvalue weighted by molar-refractivity contribution is 0.946. The molecular weight excluding hydrogens is 348 g/mol. The summed E-state index contributed by atoms with van der Waals surface area (Å²) in [5.41, 5.74) is 2.62. The fraction of sp³-hybridized carbons (Fsp3) is 0.0500. The second-order valence-electron chi connectivity index (χ2n) is 5.84. The third-order valence-electron chi connectivity index (χ3n) is 4.08. The zero-order chi connectivity index (χ0) is 18.1. The summed E-state index contributed by atoms with van der Waals surface area (Å²) >= 11 is 6.09. The Kier molecular flexibility index (Phi) is 4.14. The third kappa shape index (κ3) is 2.93. The van der Waals surface area contributed by atoms with E-state index in [9.17, 15) is 4.79 Å². The van der Waals surface area contributed by atoms with E-state index in [1.165, 1.54) is 4.57 Å². The Morgan fingerprint density at radius 3 is 2.62 bits per heavy atom. The van der Waals surface area contributed by atoms with Crippen LogP contribution < -0.4 is 10.9 Å². The summed E-state index contributed by atoms with van der Waals surface area (Å²) in [5, 5.41) is 4.19. The molecule has 0 spiro atoms. The minimum absolute atomic E-state index is 0.202. The molecule has 0 saturated heterocycles. The lowest BCUT2D eigenvalue weighted by Gasteiger charge is -2.16. The van der Waals surface area contributed by atoms with Gasteiger partial charge in [0.15, 0.2) is 0 Å². The molecule has 0 aliphatic rings. The predicted molar refractivity (Wildman–Crippen MR) is 105 cm³/mol. The van der Waals surface area contributed by atoms with Gasteiger partial charge in [0.25, 0.3) is 5.56 Å². The van der Waals surface area contributed by atoms with E-state index in [4.69, 9.17) is 11.6 Å². The number of rotatable bonds is 3. The van der Waals surface area contributed by atoms with Crippen molar-refractivity contribution in [3.05, 3.63) is 87.9 Å². The first-order valence-electron chi connectivity index (χ1n) is 8.10. The predicted octanol–water partition coefficient (Wildman–Crippen LogP) is 4.49. The molecule has 0 unspecified atom stereocenters. The van der Waals surface area contributed by atoms with Crippen LogP contribution in [0, 0.1) is 6.92 Å². The van der Waals surface area contributed by atoms with Gasteiger partial charge in [-0.05, 0) is 49.4 Å². The fourth-order valence-electron chi connectivity index (χ4n) is 2.83. The van der Waals surface area contributed by atoms with Crippen molar-refractivity contribution < 1.29 is 0 Å². The van der Waals surface area contributed by atoms with Crippen LogP contribution in [0.25, 0.3) is 16.6 Å². The monoisotopic (exact) mass is 362 g/mol. The SMILES string of the molecule is Cc1ncccc1-n1c(Nc2ccccc2)nc2ccc(Cl)cc2c1=O. The second kappa shape index (κ2) is 6.61. The number of pyridine rings is 1. The summed E-state index contributed by atoms with van der Waals surface area (Å²) in [6.07, 6.45) is 1.69. The normalized spacial score (nSPS) is 10.8. The third-order valence-corrected chi connectivity index (χ3v) is 4.32. The van der Waals surface area contributed by atoms with Crippen molar-refractivity contribution in [2.24, 2.45) is 0 Å². The Balaban J connectivity index is 2.02. The molecule has 0 atom stereocenters. The van der Waals surface area contributed by atoms with Crippen LogP contribution in [0.2, 0.25) is 5.02 Å². The lowest BCUT2D eigenvalue weighted by atomic mass is 10.2. The van der Waals surface area contributed by atoms with Crippen LogP contribution >= 0.6 is 11.6 Å². The molecular formula is C20H15ClN4O. The van der Waals surface area contributed by atoms with Crippen LogP contribution in [0.4, 0.5) is 11.6 Å². The van der Waals surface area contributed by atoms with Gasteiger partial charge in [-0.15, -0.1) is 0 Å². The lowest BCUT2D eigenvalue weighted by Crippen LogP contribution is -2.23. The van der Waals surface area contributed by atoms with Crippen LogP contribution in [0.3, 0.4) is 0 Å². The first-order valence-corrected chi connectivity index (χ1v) is 8.47. The number of hydrogen-bond donors (Lipinski definition) is 1. The van der Waals surface area contributed by atoms with Crippen LogP contribution in [-0.4, -0.2) is 14.5 Å². The molecule has 0 bridgehead atoms. The van der Waals surface area contributed by atoms with E-state index in [2.05, 4.69) is 15.3 Å². The summed E-state index contributed by atoms with van der Waals surface area (Å²) in [5.74, 6) is 0.423. The van der Waals surface area contributed by atoms with Gasteiger partial charge in [-0.25, -0.2) is 9.55 Å². The first-order chi connectivity index (χ1) is 12.6. The molecule has 4 rings (SSSR count). The molecule has 128 valence electrons. The molecule has 0 amide bonds. The van der Waals surface area contributed by atoms with Gasteiger partial charge in [-0.1, -0.05) is 29.8 Å². The van der Waals surface area contributed by atoms with E-state index in [-0.39, 0.29) is 5.56 Å². The van der Waals surface area contributed by atoms with E-state index >= 15 is 0 Å². The van der Waals surface area contributed by atoms with Crippen molar-refractivity contribution in [2.45, 2.75) is 6.92 Å². The van der Waals surface area contributed by atoms with Crippen LogP contribution in [0.5, 0.6) is 0 Å². The molecule has 2 aromatic carbocycles. The number of benzene rings is 2. The fourth-order valence-corrected chi connectivity index (χ4v) is 3.00. The van der Waals surface area contributed by atoms with Gasteiger partial charge in [0.2, 0.25) is 5.95 Å². The summed E-state index contributed by atoms with van der Waals surface area (Å²) in [6.45, 7) is 1.86. The number of aryl methyl sites for hydroxylation is 1. The van der Waals surface area contributed by atoms with Gasteiger partial charge in [0.05, 0.1) is 22.3 Å². The van der Waals surface area contributed by atoms with E-state index in [1.807, 2.05) is 43.3 Å². The number of nitrogens with zero attached hydrogens (tertiary/aromatic N) is 3. The molecule has 0 fully saturated rings. The van der Waals surface area contributed by atoms with Crippen molar-refractivity contribution >= 4 is 34.1 Å². The number of anilines is 2. The Hall–Kier alpha value is -3.18. The van der Waals surface area contributed by atoms with E-state index in [0.29, 0.717) is 27.6 Å². The Bertz CT molecular complexity index is 1160. The van der Waals surface area contributed by atoms with Crippen molar-refractivity contribution in [2.75, 3.05) is 5.32 Å². The van der Waals surface area contributed by atoms with Gasteiger partial charge in [-0.2, -0.15) is 0 Å². The van der Waals surface area contributed by atoms with Crippen LogP contribution in [-0.2, 0) is 0 Å². The highest BCUT2D eigenvalue weighted by atomic mass is 35.5. The maximum absolute atomic E-state index is 13.2. The van der Waals surface area contributed by atoms with Gasteiger partial charge < -0.3 is 5.32 Å². The second-order valence-corrected chi connectivity index (χ2v) is 6.27. The van der Waals surface area contributed by atoms with Crippen LogP contribution in [0.15, 0.2) is 71.7 Å².